The number of carbonyl (C=O) groups is 2. The first kappa shape index (κ1) is 13.5. The van der Waals surface area contributed by atoms with Crippen LogP contribution < -0.4 is 4.90 Å². The molecule has 4 rings (SSSR count). The number of rotatable bonds is 3. The molecule has 5 nitrogen and oxygen atoms in total. The highest BCUT2D eigenvalue weighted by Crippen LogP contribution is 2.52. The van der Waals surface area contributed by atoms with Gasteiger partial charge in [-0.1, -0.05) is 37.3 Å². The molecule has 4 atom stereocenters. The summed E-state index contributed by atoms with van der Waals surface area (Å²) in [6.45, 7) is 2.44. The zero-order chi connectivity index (χ0) is 15.5. The molecule has 2 saturated heterocycles. The van der Waals surface area contributed by atoms with E-state index in [0.29, 0.717) is 6.54 Å². The molecule has 1 spiro atoms. The van der Waals surface area contributed by atoms with Crippen LogP contribution in [-0.4, -0.2) is 35.2 Å². The summed E-state index contributed by atoms with van der Waals surface area (Å²) in [4.78, 5) is 26.2. The number of nitrogens with zero attached hydrogens (tertiary/aromatic N) is 1. The molecule has 5 heteroatoms. The van der Waals surface area contributed by atoms with Gasteiger partial charge in [0.15, 0.2) is 0 Å². The van der Waals surface area contributed by atoms with Crippen LogP contribution in [0.1, 0.15) is 12.5 Å². The van der Waals surface area contributed by atoms with E-state index in [9.17, 15) is 14.7 Å². The van der Waals surface area contributed by atoms with Crippen LogP contribution in [-0.2, 0) is 20.7 Å². The third kappa shape index (κ3) is 1.57. The molecule has 0 unspecified atom stereocenters. The number of hydrogen-bond donors (Lipinski definition) is 1. The Kier molecular flexibility index (Phi) is 2.72. The highest BCUT2D eigenvalue weighted by atomic mass is 16.5. The Morgan fingerprint density at radius 1 is 1.45 bits per heavy atom. The van der Waals surface area contributed by atoms with Crippen molar-refractivity contribution in [3.05, 3.63) is 42.0 Å². The van der Waals surface area contributed by atoms with Gasteiger partial charge in [0, 0.05) is 5.69 Å². The number of para-hydroxylation sites is 1. The Labute approximate surface area is 128 Å². The first-order chi connectivity index (χ1) is 10.6. The average molecular weight is 299 g/mol. The topological polar surface area (TPSA) is 66.8 Å². The quantitative estimate of drug-likeness (QED) is 0.861. The van der Waals surface area contributed by atoms with Crippen LogP contribution in [0.4, 0.5) is 5.69 Å². The predicted octanol–water partition coefficient (Wildman–Crippen LogP) is 1.62. The number of amides is 1. The van der Waals surface area contributed by atoms with E-state index in [-0.39, 0.29) is 5.91 Å². The number of ether oxygens (including phenoxy) is 1. The normalized spacial score (nSPS) is 35.2. The molecule has 3 heterocycles. The number of benzene rings is 1. The lowest BCUT2D eigenvalue weighted by atomic mass is 9.77. The summed E-state index contributed by atoms with van der Waals surface area (Å²) < 4.78 is 5.90. The first-order valence-corrected chi connectivity index (χ1v) is 7.56. The monoisotopic (exact) mass is 299 g/mol. The summed E-state index contributed by atoms with van der Waals surface area (Å²) in [5.74, 6) is -2.50. The molecule has 0 aliphatic carbocycles. The maximum atomic E-state index is 12.9. The van der Waals surface area contributed by atoms with E-state index in [1.54, 1.807) is 11.0 Å². The van der Waals surface area contributed by atoms with E-state index in [4.69, 9.17) is 4.74 Å². The minimum Gasteiger partial charge on any atom is -0.481 e. The van der Waals surface area contributed by atoms with Gasteiger partial charge in [-0.2, -0.15) is 0 Å². The summed E-state index contributed by atoms with van der Waals surface area (Å²) in [7, 11) is 0. The number of fused-ring (bicyclic) bond motifs is 1. The number of carboxylic acids is 1. The van der Waals surface area contributed by atoms with Gasteiger partial charge in [-0.05, 0) is 18.1 Å². The largest absolute Gasteiger partial charge is 0.481 e. The SMILES string of the molecule is CCc1ccccc1N1C[C@@]23C=C[C@@H](O2)[C@@H](C(=O)O)[C@@H]3C1=O. The van der Waals surface area contributed by atoms with Crippen molar-refractivity contribution >= 4 is 17.6 Å². The highest BCUT2D eigenvalue weighted by Gasteiger charge is 2.67. The van der Waals surface area contributed by atoms with Gasteiger partial charge in [0.2, 0.25) is 5.91 Å². The molecule has 0 aromatic heterocycles. The Morgan fingerprint density at radius 2 is 2.23 bits per heavy atom. The van der Waals surface area contributed by atoms with Gasteiger partial charge in [-0.3, -0.25) is 9.59 Å². The van der Waals surface area contributed by atoms with Gasteiger partial charge in [-0.15, -0.1) is 0 Å². The van der Waals surface area contributed by atoms with Crippen molar-refractivity contribution in [2.75, 3.05) is 11.4 Å². The van der Waals surface area contributed by atoms with E-state index in [1.807, 2.05) is 37.3 Å². The second-order valence-corrected chi connectivity index (χ2v) is 6.14. The molecule has 2 fully saturated rings. The molecule has 1 N–H and O–H groups in total. The minimum absolute atomic E-state index is 0.139. The molecule has 2 bridgehead atoms. The number of aliphatic carboxylic acids is 1. The van der Waals surface area contributed by atoms with Crippen LogP contribution in [0.5, 0.6) is 0 Å². The van der Waals surface area contributed by atoms with E-state index < -0.39 is 29.5 Å². The summed E-state index contributed by atoms with van der Waals surface area (Å²) in [6.07, 6.45) is 4.01. The fraction of sp³-hybridized carbons (Fsp3) is 0.412. The smallest absolute Gasteiger partial charge is 0.310 e. The van der Waals surface area contributed by atoms with Crippen molar-refractivity contribution in [2.24, 2.45) is 11.8 Å². The number of carbonyl (C=O) groups excluding carboxylic acids is 1. The standard InChI is InChI=1S/C17H17NO4/c1-2-10-5-3-4-6-11(10)18-9-17-8-7-12(22-17)13(16(20)21)14(17)15(18)19/h3-8,12-14H,2,9H2,1H3,(H,20,21)/t12-,13-,14-,17-/m1/s1. The molecular formula is C17H17NO4. The molecule has 0 saturated carbocycles. The zero-order valence-electron chi connectivity index (χ0n) is 12.2. The van der Waals surface area contributed by atoms with Gasteiger partial charge in [0.25, 0.3) is 0 Å². The summed E-state index contributed by atoms with van der Waals surface area (Å²) in [5.41, 5.74) is 1.17. The van der Waals surface area contributed by atoms with Crippen LogP contribution in [0, 0.1) is 11.8 Å². The van der Waals surface area contributed by atoms with Crippen LogP contribution in [0.2, 0.25) is 0 Å². The van der Waals surface area contributed by atoms with Crippen molar-refractivity contribution < 1.29 is 19.4 Å². The minimum atomic E-state index is -0.958. The Morgan fingerprint density at radius 3 is 2.95 bits per heavy atom. The molecular weight excluding hydrogens is 282 g/mol. The Bertz CT molecular complexity index is 698. The fourth-order valence-corrected chi connectivity index (χ4v) is 4.06. The van der Waals surface area contributed by atoms with Crippen LogP contribution in [0.3, 0.4) is 0 Å². The average Bonchev–Trinajstić information content (AvgIpc) is 3.15. The second-order valence-electron chi connectivity index (χ2n) is 6.14. The summed E-state index contributed by atoms with van der Waals surface area (Å²) >= 11 is 0. The van der Waals surface area contributed by atoms with Crippen LogP contribution in [0.25, 0.3) is 0 Å². The number of aryl methyl sites for hydroxylation is 1. The van der Waals surface area contributed by atoms with Gasteiger partial charge in [0.1, 0.15) is 11.5 Å². The molecule has 3 aliphatic rings. The lowest BCUT2D eigenvalue weighted by Crippen LogP contribution is -2.39. The van der Waals surface area contributed by atoms with Crippen molar-refractivity contribution in [2.45, 2.75) is 25.0 Å². The van der Waals surface area contributed by atoms with Crippen molar-refractivity contribution in [1.29, 1.82) is 0 Å². The lowest BCUT2D eigenvalue weighted by molar-refractivity contribution is -0.146. The first-order valence-electron chi connectivity index (χ1n) is 7.56. The third-order valence-electron chi connectivity index (χ3n) is 5.05. The fourth-order valence-electron chi connectivity index (χ4n) is 4.06. The predicted molar refractivity (Wildman–Crippen MR) is 79.5 cm³/mol. The van der Waals surface area contributed by atoms with Gasteiger partial charge in [0.05, 0.1) is 18.6 Å². The van der Waals surface area contributed by atoms with E-state index in [1.165, 1.54) is 0 Å². The van der Waals surface area contributed by atoms with Gasteiger partial charge >= 0.3 is 5.97 Å². The number of hydrogen-bond acceptors (Lipinski definition) is 3. The number of carboxylic acid groups (broad SMARTS) is 1. The highest BCUT2D eigenvalue weighted by molar-refractivity contribution is 6.03. The van der Waals surface area contributed by atoms with Crippen molar-refractivity contribution in [3.63, 3.8) is 0 Å². The Balaban J connectivity index is 1.77. The molecule has 114 valence electrons. The summed E-state index contributed by atoms with van der Waals surface area (Å²) in [6, 6.07) is 7.76. The number of anilines is 1. The van der Waals surface area contributed by atoms with E-state index >= 15 is 0 Å². The Hall–Kier alpha value is -2.14. The lowest BCUT2D eigenvalue weighted by Gasteiger charge is -2.23. The maximum Gasteiger partial charge on any atom is 0.310 e. The molecule has 22 heavy (non-hydrogen) atoms. The van der Waals surface area contributed by atoms with Crippen LogP contribution >= 0.6 is 0 Å². The molecule has 0 radical (unpaired) electrons. The van der Waals surface area contributed by atoms with E-state index in [2.05, 4.69) is 0 Å². The summed E-state index contributed by atoms with van der Waals surface area (Å²) in [5, 5.41) is 9.47. The van der Waals surface area contributed by atoms with Gasteiger partial charge < -0.3 is 14.7 Å². The van der Waals surface area contributed by atoms with Crippen LogP contribution in [0.15, 0.2) is 36.4 Å². The zero-order valence-corrected chi connectivity index (χ0v) is 12.2. The molecule has 1 aromatic carbocycles. The van der Waals surface area contributed by atoms with Crippen molar-refractivity contribution in [3.8, 4) is 0 Å². The van der Waals surface area contributed by atoms with E-state index in [0.717, 1.165) is 17.7 Å². The molecule has 3 aliphatic heterocycles. The maximum absolute atomic E-state index is 12.9. The molecule has 1 amide bonds. The molecule has 1 aromatic rings. The third-order valence-corrected chi connectivity index (χ3v) is 5.05. The van der Waals surface area contributed by atoms with Crippen molar-refractivity contribution in [1.82, 2.24) is 0 Å². The van der Waals surface area contributed by atoms with Gasteiger partial charge in [-0.25, -0.2) is 0 Å². The second kappa shape index (κ2) is 4.43.